The summed E-state index contributed by atoms with van der Waals surface area (Å²) >= 11 is 0. The number of carbonyl (C=O) groups is 3. The van der Waals surface area contributed by atoms with Crippen molar-refractivity contribution < 1.29 is 47.5 Å². The zero-order chi connectivity index (χ0) is 31.2. The molecule has 0 unspecified atom stereocenters. The van der Waals surface area contributed by atoms with Crippen molar-refractivity contribution in [1.29, 1.82) is 0 Å². The van der Waals surface area contributed by atoms with Crippen LogP contribution in [0.2, 0.25) is 0 Å². The highest BCUT2D eigenvalue weighted by molar-refractivity contribution is 5.90. The molecule has 4 aliphatic heterocycles. The number of amides is 2. The summed E-state index contributed by atoms with van der Waals surface area (Å²) in [4.78, 5) is 41.3. The summed E-state index contributed by atoms with van der Waals surface area (Å²) in [5.74, 6) is -2.84. The van der Waals surface area contributed by atoms with Gasteiger partial charge in [-0.15, -0.1) is 0 Å². The molecule has 0 aromatic heterocycles. The van der Waals surface area contributed by atoms with Crippen LogP contribution in [0, 0.1) is 0 Å². The molecule has 4 aliphatic rings. The Morgan fingerprint density at radius 3 is 2.33 bits per heavy atom. The SMILES string of the molecule is CC(C)(C)OC(=O)N1CCC[C@H]1C(=O)N[C@@H](Cc1ccccc1)C(=O)OC[C@H]1O[C@@H]2OC(C)(C)O[C@@H]2[C@H]2OC(C)(C)O[C@H]21. The maximum atomic E-state index is 13.6. The van der Waals surface area contributed by atoms with E-state index in [0.29, 0.717) is 19.4 Å². The number of fused-ring (bicyclic) bond motifs is 3. The number of hydrogen-bond acceptors (Lipinski definition) is 10. The van der Waals surface area contributed by atoms with Gasteiger partial charge in [0.1, 0.15) is 48.7 Å². The molecule has 238 valence electrons. The van der Waals surface area contributed by atoms with Crippen molar-refractivity contribution in [2.75, 3.05) is 13.2 Å². The Labute approximate surface area is 252 Å². The number of carbonyl (C=O) groups excluding carboxylic acids is 3. The van der Waals surface area contributed by atoms with Crippen LogP contribution >= 0.6 is 0 Å². The highest BCUT2D eigenvalue weighted by atomic mass is 16.9. The lowest BCUT2D eigenvalue weighted by molar-refractivity contribution is -0.242. The van der Waals surface area contributed by atoms with E-state index in [0.717, 1.165) is 5.56 Å². The van der Waals surface area contributed by atoms with Gasteiger partial charge < -0.3 is 38.5 Å². The lowest BCUT2D eigenvalue weighted by Crippen LogP contribution is -2.57. The number of likely N-dealkylation sites (tertiary alicyclic amines) is 1. The van der Waals surface area contributed by atoms with Crippen molar-refractivity contribution in [3.05, 3.63) is 35.9 Å². The smallest absolute Gasteiger partial charge is 0.410 e. The van der Waals surface area contributed by atoms with Gasteiger partial charge in [-0.05, 0) is 66.9 Å². The third-order valence-corrected chi connectivity index (χ3v) is 7.71. The molecule has 12 nitrogen and oxygen atoms in total. The number of ether oxygens (including phenoxy) is 7. The Hall–Kier alpha value is -2.77. The number of hydrogen-bond donors (Lipinski definition) is 1. The van der Waals surface area contributed by atoms with Crippen LogP contribution in [0.25, 0.3) is 0 Å². The molecular weight excluding hydrogens is 560 g/mol. The number of rotatable bonds is 7. The standard InChI is InChI=1S/C31H44N2O10/c1-29(2,3)43-28(36)33-15-11-14-20(33)25(34)32-19(16-18-12-9-8-10-13-18)26(35)37-17-21-22-23(40-30(4,5)39-22)24-27(38-21)42-31(6,7)41-24/h8-10,12-13,19-24,27H,11,14-17H2,1-7H3,(H,32,34)/t19-,20-,21+,22-,23-,24+,27+/m0/s1. The van der Waals surface area contributed by atoms with E-state index in [1.54, 1.807) is 48.5 Å². The Bertz CT molecular complexity index is 1180. The lowest BCUT2D eigenvalue weighted by atomic mass is 9.99. The Kier molecular flexibility index (Phi) is 8.80. The van der Waals surface area contributed by atoms with E-state index in [-0.39, 0.29) is 13.0 Å². The van der Waals surface area contributed by atoms with Crippen molar-refractivity contribution in [2.24, 2.45) is 0 Å². The minimum atomic E-state index is -1.01. The fourth-order valence-electron chi connectivity index (χ4n) is 5.98. The second-order valence-corrected chi connectivity index (χ2v) is 13.4. The van der Waals surface area contributed by atoms with Gasteiger partial charge in [0, 0.05) is 13.0 Å². The molecule has 7 atom stereocenters. The summed E-state index contributed by atoms with van der Waals surface area (Å²) in [6.45, 7) is 12.8. The van der Waals surface area contributed by atoms with E-state index >= 15 is 0 Å². The molecule has 0 aliphatic carbocycles. The quantitative estimate of drug-likeness (QED) is 0.464. The summed E-state index contributed by atoms with van der Waals surface area (Å²) in [6.07, 6.45) is -2.22. The van der Waals surface area contributed by atoms with E-state index in [1.165, 1.54) is 4.90 Å². The summed E-state index contributed by atoms with van der Waals surface area (Å²) in [5.41, 5.74) is 0.139. The second kappa shape index (κ2) is 12.0. The first-order chi connectivity index (χ1) is 20.1. The molecule has 0 spiro atoms. The molecule has 4 saturated heterocycles. The second-order valence-electron chi connectivity index (χ2n) is 13.4. The van der Waals surface area contributed by atoms with Crippen LogP contribution in [0.15, 0.2) is 30.3 Å². The maximum absolute atomic E-state index is 13.6. The van der Waals surface area contributed by atoms with Crippen LogP contribution in [-0.4, -0.2) is 96.0 Å². The van der Waals surface area contributed by atoms with Gasteiger partial charge in [0.05, 0.1) is 0 Å². The molecule has 5 rings (SSSR count). The zero-order valence-electron chi connectivity index (χ0n) is 26.0. The first-order valence-corrected chi connectivity index (χ1v) is 15.0. The van der Waals surface area contributed by atoms with Crippen LogP contribution < -0.4 is 5.32 Å². The number of esters is 1. The zero-order valence-corrected chi connectivity index (χ0v) is 26.0. The van der Waals surface area contributed by atoms with E-state index in [2.05, 4.69) is 5.32 Å². The number of nitrogens with one attached hydrogen (secondary N) is 1. The predicted molar refractivity (Wildman–Crippen MR) is 152 cm³/mol. The minimum absolute atomic E-state index is 0.152. The summed E-state index contributed by atoms with van der Waals surface area (Å²) in [6, 6.07) is 7.57. The van der Waals surface area contributed by atoms with Gasteiger partial charge in [0.25, 0.3) is 0 Å². The summed E-state index contributed by atoms with van der Waals surface area (Å²) in [7, 11) is 0. The van der Waals surface area contributed by atoms with Gasteiger partial charge in [0.2, 0.25) is 5.91 Å². The molecule has 0 radical (unpaired) electrons. The molecule has 2 amide bonds. The number of nitrogens with zero attached hydrogens (tertiary/aromatic N) is 1. The monoisotopic (exact) mass is 604 g/mol. The van der Waals surface area contributed by atoms with Gasteiger partial charge >= 0.3 is 12.1 Å². The fraction of sp³-hybridized carbons (Fsp3) is 0.710. The van der Waals surface area contributed by atoms with Crippen molar-refractivity contribution in [1.82, 2.24) is 10.2 Å². The molecular formula is C31H44N2O10. The maximum Gasteiger partial charge on any atom is 0.410 e. The number of benzene rings is 1. The van der Waals surface area contributed by atoms with E-state index < -0.39 is 77.9 Å². The molecule has 12 heteroatoms. The largest absolute Gasteiger partial charge is 0.461 e. The van der Waals surface area contributed by atoms with Crippen LogP contribution in [0.5, 0.6) is 0 Å². The lowest BCUT2D eigenvalue weighted by Gasteiger charge is -2.37. The molecule has 4 fully saturated rings. The Balaban J connectivity index is 1.28. The normalized spacial score (nSPS) is 31.6. The van der Waals surface area contributed by atoms with Crippen LogP contribution in [0.3, 0.4) is 0 Å². The van der Waals surface area contributed by atoms with E-state index in [1.807, 2.05) is 30.3 Å². The molecule has 43 heavy (non-hydrogen) atoms. The van der Waals surface area contributed by atoms with E-state index in [4.69, 9.17) is 33.2 Å². The van der Waals surface area contributed by atoms with E-state index in [9.17, 15) is 14.4 Å². The molecule has 1 aromatic carbocycles. The molecule has 4 heterocycles. The topological polar surface area (TPSA) is 131 Å². The summed E-state index contributed by atoms with van der Waals surface area (Å²) in [5, 5.41) is 2.85. The van der Waals surface area contributed by atoms with Crippen molar-refractivity contribution in [2.45, 2.75) is 128 Å². The van der Waals surface area contributed by atoms with Crippen molar-refractivity contribution >= 4 is 18.0 Å². The highest BCUT2D eigenvalue weighted by Crippen LogP contribution is 2.44. The van der Waals surface area contributed by atoms with Crippen LogP contribution in [0.1, 0.15) is 66.9 Å². The summed E-state index contributed by atoms with van der Waals surface area (Å²) < 4.78 is 41.7. The average Bonchev–Trinajstić information content (AvgIpc) is 3.60. The molecule has 0 bridgehead atoms. The van der Waals surface area contributed by atoms with Gasteiger partial charge in [-0.2, -0.15) is 0 Å². The first kappa shape index (κ1) is 31.6. The van der Waals surface area contributed by atoms with Gasteiger partial charge in [-0.1, -0.05) is 30.3 Å². The first-order valence-electron chi connectivity index (χ1n) is 15.0. The average molecular weight is 605 g/mol. The molecule has 1 aromatic rings. The third kappa shape index (κ3) is 7.49. The van der Waals surface area contributed by atoms with Gasteiger partial charge in [0.15, 0.2) is 17.9 Å². The highest BCUT2D eigenvalue weighted by Gasteiger charge is 2.61. The minimum Gasteiger partial charge on any atom is -0.461 e. The fourth-order valence-corrected chi connectivity index (χ4v) is 5.98. The van der Waals surface area contributed by atoms with Crippen molar-refractivity contribution in [3.8, 4) is 0 Å². The molecule has 1 N–H and O–H groups in total. The van der Waals surface area contributed by atoms with Gasteiger partial charge in [-0.3, -0.25) is 9.69 Å². The molecule has 0 saturated carbocycles. The Morgan fingerprint density at radius 2 is 1.63 bits per heavy atom. The third-order valence-electron chi connectivity index (χ3n) is 7.71. The van der Waals surface area contributed by atoms with Crippen LogP contribution in [-0.2, 0) is 49.2 Å². The predicted octanol–water partition coefficient (Wildman–Crippen LogP) is 3.05. The van der Waals surface area contributed by atoms with Crippen molar-refractivity contribution in [3.63, 3.8) is 0 Å². The van der Waals surface area contributed by atoms with Crippen LogP contribution in [0.4, 0.5) is 4.79 Å². The van der Waals surface area contributed by atoms with Gasteiger partial charge in [-0.25, -0.2) is 9.59 Å². The Morgan fingerprint density at radius 1 is 0.977 bits per heavy atom.